The second-order valence-electron chi connectivity index (χ2n) is 6.00. The number of nitrogens with one attached hydrogen (secondary N) is 1. The molecule has 0 bridgehead atoms. The van der Waals surface area contributed by atoms with Crippen molar-refractivity contribution in [3.8, 4) is 0 Å². The fourth-order valence-electron chi connectivity index (χ4n) is 2.82. The van der Waals surface area contributed by atoms with E-state index >= 15 is 0 Å². The highest BCUT2D eigenvalue weighted by Crippen LogP contribution is 2.15. The molecule has 25 heavy (non-hydrogen) atoms. The zero-order valence-corrected chi connectivity index (χ0v) is 15.8. The van der Waals surface area contributed by atoms with Gasteiger partial charge in [-0.15, -0.1) is 0 Å². The molecular formula is C19H18FIN2O2. The highest BCUT2D eigenvalue weighted by Gasteiger charge is 2.19. The van der Waals surface area contributed by atoms with Crippen LogP contribution >= 0.6 is 22.6 Å². The number of benzene rings is 2. The van der Waals surface area contributed by atoms with Crippen LogP contribution in [0.5, 0.6) is 0 Å². The van der Waals surface area contributed by atoms with Crippen molar-refractivity contribution in [3.05, 3.63) is 68.5 Å². The molecule has 1 aliphatic heterocycles. The maximum absolute atomic E-state index is 13.1. The van der Waals surface area contributed by atoms with Crippen LogP contribution in [0.4, 0.5) is 4.39 Å². The summed E-state index contributed by atoms with van der Waals surface area (Å²) < 4.78 is 13.7. The molecule has 2 aromatic carbocycles. The molecule has 4 nitrogen and oxygen atoms in total. The first-order valence-corrected chi connectivity index (χ1v) is 9.24. The molecule has 3 rings (SSSR count). The van der Waals surface area contributed by atoms with Gasteiger partial charge in [0.25, 0.3) is 11.8 Å². The van der Waals surface area contributed by atoms with E-state index in [0.717, 1.165) is 31.5 Å². The van der Waals surface area contributed by atoms with Crippen molar-refractivity contribution in [2.45, 2.75) is 19.4 Å². The molecule has 0 atom stereocenters. The van der Waals surface area contributed by atoms with E-state index in [1.54, 1.807) is 12.1 Å². The van der Waals surface area contributed by atoms with Gasteiger partial charge in [0.2, 0.25) is 0 Å². The quantitative estimate of drug-likeness (QED) is 0.722. The van der Waals surface area contributed by atoms with Gasteiger partial charge in [-0.3, -0.25) is 9.59 Å². The second kappa shape index (κ2) is 7.95. The predicted octanol–water partition coefficient (Wildman–Crippen LogP) is 3.60. The summed E-state index contributed by atoms with van der Waals surface area (Å²) in [6, 6.07) is 11.4. The van der Waals surface area contributed by atoms with E-state index < -0.39 is 0 Å². The molecule has 0 radical (unpaired) electrons. The molecule has 130 valence electrons. The standard InChI is InChI=1S/C19H18FIN2O2/c20-15-7-8-16(17(21)11-15)18(24)22-12-13-3-5-14(6-4-13)19(25)23-9-1-2-10-23/h3-8,11H,1-2,9-10,12H2,(H,22,24). The Kier molecular flexibility index (Phi) is 5.67. The molecule has 1 saturated heterocycles. The molecule has 1 fully saturated rings. The normalized spacial score (nSPS) is 13.8. The van der Waals surface area contributed by atoms with Crippen molar-refractivity contribution in [3.63, 3.8) is 0 Å². The monoisotopic (exact) mass is 452 g/mol. The minimum Gasteiger partial charge on any atom is -0.348 e. The molecule has 0 saturated carbocycles. The summed E-state index contributed by atoms with van der Waals surface area (Å²) in [5.74, 6) is -0.547. The average molecular weight is 452 g/mol. The van der Waals surface area contributed by atoms with Gasteiger partial charge in [0, 0.05) is 28.8 Å². The highest BCUT2D eigenvalue weighted by atomic mass is 127. The fraction of sp³-hybridized carbons (Fsp3) is 0.263. The van der Waals surface area contributed by atoms with Crippen molar-refractivity contribution >= 4 is 34.4 Å². The number of hydrogen-bond acceptors (Lipinski definition) is 2. The minimum absolute atomic E-state index is 0.0638. The third-order valence-electron chi connectivity index (χ3n) is 4.22. The first kappa shape index (κ1) is 17.8. The van der Waals surface area contributed by atoms with Crippen LogP contribution in [-0.4, -0.2) is 29.8 Å². The lowest BCUT2D eigenvalue weighted by atomic mass is 10.1. The van der Waals surface area contributed by atoms with Crippen LogP contribution in [0.1, 0.15) is 39.1 Å². The van der Waals surface area contributed by atoms with Crippen LogP contribution in [0.15, 0.2) is 42.5 Å². The van der Waals surface area contributed by atoms with Gasteiger partial charge in [-0.25, -0.2) is 4.39 Å². The van der Waals surface area contributed by atoms with Gasteiger partial charge in [0.05, 0.1) is 5.56 Å². The third kappa shape index (κ3) is 4.36. The van der Waals surface area contributed by atoms with Gasteiger partial charge in [0.15, 0.2) is 0 Å². The van der Waals surface area contributed by atoms with E-state index in [1.165, 1.54) is 18.2 Å². The maximum atomic E-state index is 13.1. The number of amides is 2. The Hall–Kier alpha value is -1.96. The van der Waals surface area contributed by atoms with Crippen molar-refractivity contribution in [1.29, 1.82) is 0 Å². The summed E-state index contributed by atoms with van der Waals surface area (Å²) in [4.78, 5) is 26.4. The molecule has 1 heterocycles. The third-order valence-corrected chi connectivity index (χ3v) is 5.12. The smallest absolute Gasteiger partial charge is 0.253 e. The minimum atomic E-state index is -0.362. The van der Waals surface area contributed by atoms with Crippen LogP contribution in [0.3, 0.4) is 0 Å². The molecule has 1 aliphatic rings. The summed E-state index contributed by atoms with van der Waals surface area (Å²) >= 11 is 1.94. The lowest BCUT2D eigenvalue weighted by Gasteiger charge is -2.15. The summed E-state index contributed by atoms with van der Waals surface area (Å²) in [6.07, 6.45) is 2.14. The fourth-order valence-corrected chi connectivity index (χ4v) is 3.54. The molecule has 0 spiro atoms. The Balaban J connectivity index is 1.59. The van der Waals surface area contributed by atoms with Crippen molar-refractivity contribution in [2.75, 3.05) is 13.1 Å². The van der Waals surface area contributed by atoms with E-state index in [9.17, 15) is 14.0 Å². The van der Waals surface area contributed by atoms with Crippen LogP contribution in [0.2, 0.25) is 0 Å². The number of halogens is 2. The largest absolute Gasteiger partial charge is 0.348 e. The summed E-state index contributed by atoms with van der Waals surface area (Å²) in [7, 11) is 0. The Morgan fingerprint density at radius 3 is 2.40 bits per heavy atom. The van der Waals surface area contributed by atoms with Crippen molar-refractivity contribution in [2.24, 2.45) is 0 Å². The molecule has 1 N–H and O–H groups in total. The van der Waals surface area contributed by atoms with Crippen molar-refractivity contribution in [1.82, 2.24) is 10.2 Å². The first-order chi connectivity index (χ1) is 12.0. The number of rotatable bonds is 4. The number of likely N-dealkylation sites (tertiary alicyclic amines) is 1. The molecule has 0 aliphatic carbocycles. The van der Waals surface area contributed by atoms with Crippen LogP contribution in [0.25, 0.3) is 0 Å². The topological polar surface area (TPSA) is 49.4 Å². The number of hydrogen-bond donors (Lipinski definition) is 1. The molecule has 2 amide bonds. The highest BCUT2D eigenvalue weighted by molar-refractivity contribution is 14.1. The molecule has 0 aromatic heterocycles. The van der Waals surface area contributed by atoms with Gasteiger partial charge in [-0.05, 0) is 71.3 Å². The van der Waals surface area contributed by atoms with Gasteiger partial charge in [-0.1, -0.05) is 12.1 Å². The average Bonchev–Trinajstić information content (AvgIpc) is 3.14. The van der Waals surface area contributed by atoms with Gasteiger partial charge in [0.1, 0.15) is 5.82 Å². The summed E-state index contributed by atoms with van der Waals surface area (Å²) in [5, 5.41) is 2.82. The SMILES string of the molecule is O=C(NCc1ccc(C(=O)N2CCCC2)cc1)c1ccc(F)cc1I. The van der Waals surface area contributed by atoms with Crippen LogP contribution in [-0.2, 0) is 6.54 Å². The number of nitrogens with zero attached hydrogens (tertiary/aromatic N) is 1. The second-order valence-corrected chi connectivity index (χ2v) is 7.17. The number of carbonyl (C=O) groups is 2. The maximum Gasteiger partial charge on any atom is 0.253 e. The summed E-state index contributed by atoms with van der Waals surface area (Å²) in [6.45, 7) is 2.00. The lowest BCUT2D eigenvalue weighted by Crippen LogP contribution is -2.27. The molecule has 2 aromatic rings. The van der Waals surface area contributed by atoms with Crippen molar-refractivity contribution < 1.29 is 14.0 Å². The Morgan fingerprint density at radius 1 is 1.08 bits per heavy atom. The Bertz CT molecular complexity index is 787. The van der Waals surface area contributed by atoms with Crippen LogP contribution in [0, 0.1) is 9.39 Å². The number of carbonyl (C=O) groups excluding carboxylic acids is 2. The zero-order valence-electron chi connectivity index (χ0n) is 13.6. The Morgan fingerprint density at radius 2 is 1.76 bits per heavy atom. The van der Waals surface area contributed by atoms with Crippen LogP contribution < -0.4 is 5.32 Å². The molecule has 6 heteroatoms. The van der Waals surface area contributed by atoms with E-state index in [-0.39, 0.29) is 17.6 Å². The predicted molar refractivity (Wildman–Crippen MR) is 102 cm³/mol. The lowest BCUT2D eigenvalue weighted by molar-refractivity contribution is 0.0792. The first-order valence-electron chi connectivity index (χ1n) is 8.16. The molecular weight excluding hydrogens is 434 g/mol. The van der Waals surface area contributed by atoms with Gasteiger partial charge in [-0.2, -0.15) is 0 Å². The van der Waals surface area contributed by atoms with Gasteiger partial charge < -0.3 is 10.2 Å². The van der Waals surface area contributed by atoms with E-state index in [2.05, 4.69) is 5.32 Å². The Labute approximate surface area is 159 Å². The van der Waals surface area contributed by atoms with Gasteiger partial charge >= 0.3 is 0 Å². The molecule has 0 unspecified atom stereocenters. The van der Waals surface area contributed by atoms with E-state index in [0.29, 0.717) is 21.2 Å². The van der Waals surface area contributed by atoms with E-state index in [4.69, 9.17) is 0 Å². The zero-order chi connectivity index (χ0) is 17.8. The van der Waals surface area contributed by atoms with E-state index in [1.807, 2.05) is 39.6 Å². The summed E-state index contributed by atoms with van der Waals surface area (Å²) in [5.41, 5.74) is 2.02.